The largest absolute Gasteiger partial charge is 0.466 e. The van der Waals surface area contributed by atoms with E-state index in [2.05, 4.69) is 6.58 Å². The van der Waals surface area contributed by atoms with Gasteiger partial charge < -0.3 is 9.47 Å². The zero-order chi connectivity index (χ0) is 16.3. The number of esters is 2. The van der Waals surface area contributed by atoms with E-state index >= 15 is 0 Å². The van der Waals surface area contributed by atoms with E-state index in [1.165, 1.54) is 0 Å². The van der Waals surface area contributed by atoms with Crippen molar-refractivity contribution in [3.05, 3.63) is 12.2 Å². The number of carbonyl (C=O) groups excluding carboxylic acids is 3. The molecule has 0 aliphatic heterocycles. The SMILES string of the molecule is C=C(CC(=O)OCC)[C@@]1(C(=O)OC(C)(C)C)CCCC1=O. The molecule has 0 spiro atoms. The Morgan fingerprint density at radius 1 is 1.33 bits per heavy atom. The van der Waals surface area contributed by atoms with E-state index in [-0.39, 0.29) is 24.4 Å². The van der Waals surface area contributed by atoms with Gasteiger partial charge in [-0.15, -0.1) is 0 Å². The molecule has 1 aliphatic rings. The number of ether oxygens (including phenoxy) is 2. The summed E-state index contributed by atoms with van der Waals surface area (Å²) in [6, 6.07) is 0. The normalized spacial score (nSPS) is 22.0. The lowest BCUT2D eigenvalue weighted by atomic mass is 9.76. The van der Waals surface area contributed by atoms with Crippen molar-refractivity contribution in [2.75, 3.05) is 6.61 Å². The third-order valence-corrected chi connectivity index (χ3v) is 3.45. The van der Waals surface area contributed by atoms with Gasteiger partial charge in [-0.2, -0.15) is 0 Å². The number of carbonyl (C=O) groups is 3. The van der Waals surface area contributed by atoms with Crippen LogP contribution in [0.25, 0.3) is 0 Å². The summed E-state index contributed by atoms with van der Waals surface area (Å²) >= 11 is 0. The van der Waals surface area contributed by atoms with Gasteiger partial charge in [0.2, 0.25) is 0 Å². The average Bonchev–Trinajstić information content (AvgIpc) is 2.70. The summed E-state index contributed by atoms with van der Waals surface area (Å²) in [5.41, 5.74) is -1.81. The van der Waals surface area contributed by atoms with E-state index in [9.17, 15) is 14.4 Å². The Morgan fingerprint density at radius 2 is 1.95 bits per heavy atom. The molecule has 0 aromatic heterocycles. The molecule has 1 atom stereocenters. The Balaban J connectivity index is 3.00. The molecule has 0 N–H and O–H groups in total. The van der Waals surface area contributed by atoms with Crippen LogP contribution in [0, 0.1) is 5.41 Å². The van der Waals surface area contributed by atoms with Crippen LogP contribution in [0.2, 0.25) is 0 Å². The van der Waals surface area contributed by atoms with Gasteiger partial charge in [0, 0.05) is 6.42 Å². The van der Waals surface area contributed by atoms with Crippen molar-refractivity contribution < 1.29 is 23.9 Å². The highest BCUT2D eigenvalue weighted by Gasteiger charge is 2.53. The van der Waals surface area contributed by atoms with Crippen LogP contribution in [0.4, 0.5) is 0 Å². The molecule has 1 saturated carbocycles. The second-order valence-electron chi connectivity index (χ2n) is 6.27. The summed E-state index contributed by atoms with van der Waals surface area (Å²) in [5.74, 6) is -1.30. The Hall–Kier alpha value is -1.65. The summed E-state index contributed by atoms with van der Waals surface area (Å²) in [6.45, 7) is 11.0. The molecule has 1 fully saturated rings. The fourth-order valence-corrected chi connectivity index (χ4v) is 2.50. The molecule has 0 aromatic carbocycles. The molecule has 0 bridgehead atoms. The van der Waals surface area contributed by atoms with E-state index in [0.29, 0.717) is 19.3 Å². The lowest BCUT2D eigenvalue weighted by Gasteiger charge is -2.31. The molecule has 0 aromatic rings. The minimum Gasteiger partial charge on any atom is -0.466 e. The Bertz CT molecular complexity index is 458. The van der Waals surface area contributed by atoms with Crippen LogP contribution in [0.5, 0.6) is 0 Å². The Morgan fingerprint density at radius 3 is 2.38 bits per heavy atom. The summed E-state index contributed by atoms with van der Waals surface area (Å²) < 4.78 is 10.3. The van der Waals surface area contributed by atoms with Crippen molar-refractivity contribution >= 4 is 17.7 Å². The minimum absolute atomic E-state index is 0.140. The zero-order valence-corrected chi connectivity index (χ0v) is 13.3. The summed E-state index contributed by atoms with van der Waals surface area (Å²) in [6.07, 6.45) is 1.11. The minimum atomic E-state index is -1.39. The molecule has 1 rings (SSSR count). The second-order valence-corrected chi connectivity index (χ2v) is 6.27. The monoisotopic (exact) mass is 296 g/mol. The average molecular weight is 296 g/mol. The summed E-state index contributed by atoms with van der Waals surface area (Å²) in [5, 5.41) is 0. The standard InChI is InChI=1S/C16H24O5/c1-6-20-13(18)10-11(2)16(9-7-8-12(16)17)14(19)21-15(3,4)5/h2,6-10H2,1,3-5H3/t16-/m0/s1. The summed E-state index contributed by atoms with van der Waals surface area (Å²) in [7, 11) is 0. The Kier molecular flexibility index (Phi) is 5.31. The van der Waals surface area contributed by atoms with Gasteiger partial charge in [0.15, 0.2) is 5.78 Å². The Labute approximate surface area is 125 Å². The highest BCUT2D eigenvalue weighted by molar-refractivity contribution is 6.09. The third-order valence-electron chi connectivity index (χ3n) is 3.45. The topological polar surface area (TPSA) is 69.7 Å². The van der Waals surface area contributed by atoms with Gasteiger partial charge in [-0.3, -0.25) is 14.4 Å². The van der Waals surface area contributed by atoms with E-state index in [1.807, 2.05) is 0 Å². The van der Waals surface area contributed by atoms with Gasteiger partial charge in [0.25, 0.3) is 0 Å². The fraction of sp³-hybridized carbons (Fsp3) is 0.688. The molecule has 5 nitrogen and oxygen atoms in total. The van der Waals surface area contributed by atoms with E-state index in [4.69, 9.17) is 9.47 Å². The van der Waals surface area contributed by atoms with Gasteiger partial charge >= 0.3 is 11.9 Å². The lowest BCUT2D eigenvalue weighted by molar-refractivity contribution is -0.167. The first-order chi connectivity index (χ1) is 9.63. The van der Waals surface area contributed by atoms with E-state index in [0.717, 1.165) is 0 Å². The van der Waals surface area contributed by atoms with Crippen LogP contribution in [0.15, 0.2) is 12.2 Å². The molecule has 0 unspecified atom stereocenters. The number of Topliss-reactive ketones (excluding diaryl/α,β-unsaturated/α-hetero) is 1. The molecule has 0 radical (unpaired) electrons. The van der Waals surface area contributed by atoms with Gasteiger partial charge in [0.05, 0.1) is 13.0 Å². The molecule has 0 amide bonds. The molecule has 0 saturated heterocycles. The lowest BCUT2D eigenvalue weighted by Crippen LogP contribution is -2.42. The maximum atomic E-state index is 12.5. The predicted octanol–water partition coefficient (Wildman–Crippen LogP) is 2.58. The van der Waals surface area contributed by atoms with Crippen molar-refractivity contribution in [2.45, 2.75) is 59.0 Å². The first kappa shape index (κ1) is 17.4. The fourth-order valence-electron chi connectivity index (χ4n) is 2.50. The highest BCUT2D eigenvalue weighted by atomic mass is 16.6. The number of hydrogen-bond donors (Lipinski definition) is 0. The number of ketones is 1. The van der Waals surface area contributed by atoms with Crippen LogP contribution in [-0.4, -0.2) is 29.9 Å². The molecular weight excluding hydrogens is 272 g/mol. The zero-order valence-electron chi connectivity index (χ0n) is 13.3. The van der Waals surface area contributed by atoms with Crippen LogP contribution in [0.3, 0.4) is 0 Å². The predicted molar refractivity (Wildman–Crippen MR) is 77.5 cm³/mol. The molecule has 118 valence electrons. The van der Waals surface area contributed by atoms with Crippen molar-refractivity contribution in [3.63, 3.8) is 0 Å². The maximum absolute atomic E-state index is 12.5. The van der Waals surface area contributed by atoms with E-state index in [1.54, 1.807) is 27.7 Å². The molecule has 0 heterocycles. The van der Waals surface area contributed by atoms with Gasteiger partial charge in [0.1, 0.15) is 11.0 Å². The molecular formula is C16H24O5. The quantitative estimate of drug-likeness (QED) is 0.443. The maximum Gasteiger partial charge on any atom is 0.324 e. The molecule has 21 heavy (non-hydrogen) atoms. The third kappa shape index (κ3) is 3.93. The van der Waals surface area contributed by atoms with Crippen LogP contribution in [-0.2, 0) is 23.9 Å². The van der Waals surface area contributed by atoms with Crippen molar-refractivity contribution in [3.8, 4) is 0 Å². The molecule has 5 heteroatoms. The highest BCUT2D eigenvalue weighted by Crippen LogP contribution is 2.44. The first-order valence-corrected chi connectivity index (χ1v) is 7.24. The summed E-state index contributed by atoms with van der Waals surface area (Å²) in [4.78, 5) is 36.4. The van der Waals surface area contributed by atoms with Crippen LogP contribution < -0.4 is 0 Å². The smallest absolute Gasteiger partial charge is 0.324 e. The van der Waals surface area contributed by atoms with Gasteiger partial charge in [-0.1, -0.05) is 6.58 Å². The van der Waals surface area contributed by atoms with Gasteiger partial charge in [-0.05, 0) is 46.1 Å². The van der Waals surface area contributed by atoms with Crippen molar-refractivity contribution in [1.82, 2.24) is 0 Å². The first-order valence-electron chi connectivity index (χ1n) is 7.24. The van der Waals surface area contributed by atoms with Gasteiger partial charge in [-0.25, -0.2) is 0 Å². The second kappa shape index (κ2) is 6.41. The van der Waals surface area contributed by atoms with Crippen LogP contribution >= 0.6 is 0 Å². The van der Waals surface area contributed by atoms with Crippen molar-refractivity contribution in [2.24, 2.45) is 5.41 Å². The molecule has 1 aliphatic carbocycles. The van der Waals surface area contributed by atoms with E-state index < -0.39 is 23.0 Å². The van der Waals surface area contributed by atoms with Crippen molar-refractivity contribution in [1.29, 1.82) is 0 Å². The number of hydrogen-bond acceptors (Lipinski definition) is 5. The number of rotatable bonds is 5. The van der Waals surface area contributed by atoms with Crippen LogP contribution in [0.1, 0.15) is 53.4 Å².